The summed E-state index contributed by atoms with van der Waals surface area (Å²) in [7, 11) is 2.06. The van der Waals surface area contributed by atoms with E-state index in [1.807, 2.05) is 18.2 Å². The smallest absolute Gasteiger partial charge is 0.132 e. The molecular formula is C13H14ClN3. The molecule has 3 nitrogen and oxygen atoms in total. The fraction of sp³-hybridized carbons (Fsp3) is 0.231. The maximum atomic E-state index is 5.82. The summed E-state index contributed by atoms with van der Waals surface area (Å²) in [6.07, 6.45) is 1.49. The lowest BCUT2D eigenvalue weighted by Crippen LogP contribution is -2.17. The first kappa shape index (κ1) is 12.0. The molecule has 0 aliphatic carbocycles. The Morgan fingerprint density at radius 1 is 1.12 bits per heavy atom. The SMILES string of the molecule is CN(Cc1ccccc1)Cc1cc(Cl)ncn1. The van der Waals surface area contributed by atoms with Gasteiger partial charge in [0.2, 0.25) is 0 Å². The fourth-order valence-corrected chi connectivity index (χ4v) is 1.85. The van der Waals surface area contributed by atoms with Crippen LogP contribution in [-0.4, -0.2) is 21.9 Å². The van der Waals surface area contributed by atoms with Crippen molar-refractivity contribution in [1.29, 1.82) is 0 Å². The van der Waals surface area contributed by atoms with Gasteiger partial charge in [0.15, 0.2) is 0 Å². The van der Waals surface area contributed by atoms with Gasteiger partial charge >= 0.3 is 0 Å². The summed E-state index contributed by atoms with van der Waals surface area (Å²) in [5, 5.41) is 0.489. The highest BCUT2D eigenvalue weighted by Gasteiger charge is 2.03. The van der Waals surface area contributed by atoms with E-state index in [0.717, 1.165) is 18.8 Å². The second-order valence-electron chi connectivity index (χ2n) is 3.99. The zero-order chi connectivity index (χ0) is 12.1. The van der Waals surface area contributed by atoms with Gasteiger partial charge in [-0.15, -0.1) is 0 Å². The Morgan fingerprint density at radius 3 is 2.59 bits per heavy atom. The van der Waals surface area contributed by atoms with Crippen LogP contribution >= 0.6 is 11.6 Å². The highest BCUT2D eigenvalue weighted by atomic mass is 35.5. The van der Waals surface area contributed by atoms with Crippen molar-refractivity contribution in [3.05, 3.63) is 59.1 Å². The lowest BCUT2D eigenvalue weighted by Gasteiger charge is -2.16. The number of nitrogens with zero attached hydrogens (tertiary/aromatic N) is 3. The van der Waals surface area contributed by atoms with Crippen molar-refractivity contribution >= 4 is 11.6 Å². The van der Waals surface area contributed by atoms with Gasteiger partial charge in [0, 0.05) is 13.1 Å². The van der Waals surface area contributed by atoms with Crippen molar-refractivity contribution in [2.45, 2.75) is 13.1 Å². The summed E-state index contributed by atoms with van der Waals surface area (Å²) in [5.74, 6) is 0. The van der Waals surface area contributed by atoms with E-state index in [0.29, 0.717) is 5.15 Å². The van der Waals surface area contributed by atoms with E-state index in [1.165, 1.54) is 11.9 Å². The van der Waals surface area contributed by atoms with E-state index in [1.54, 1.807) is 6.07 Å². The molecule has 0 unspecified atom stereocenters. The first-order valence-corrected chi connectivity index (χ1v) is 5.81. The van der Waals surface area contributed by atoms with Gasteiger partial charge in [-0.1, -0.05) is 41.9 Å². The second kappa shape index (κ2) is 5.75. The van der Waals surface area contributed by atoms with Crippen LogP contribution in [0.5, 0.6) is 0 Å². The van der Waals surface area contributed by atoms with Crippen LogP contribution in [0.25, 0.3) is 0 Å². The molecule has 1 aromatic heterocycles. The number of rotatable bonds is 4. The van der Waals surface area contributed by atoms with Crippen LogP contribution in [0.4, 0.5) is 0 Å². The van der Waals surface area contributed by atoms with Crippen molar-refractivity contribution in [2.75, 3.05) is 7.05 Å². The summed E-state index contributed by atoms with van der Waals surface area (Å²) in [5.41, 5.74) is 2.22. The van der Waals surface area contributed by atoms with Crippen LogP contribution in [0.2, 0.25) is 5.15 Å². The molecule has 0 radical (unpaired) electrons. The van der Waals surface area contributed by atoms with Crippen LogP contribution in [0.1, 0.15) is 11.3 Å². The molecule has 0 saturated heterocycles. The van der Waals surface area contributed by atoms with Gasteiger partial charge in [0.25, 0.3) is 0 Å². The normalized spacial score (nSPS) is 10.8. The highest BCUT2D eigenvalue weighted by molar-refractivity contribution is 6.29. The summed E-state index contributed by atoms with van der Waals surface area (Å²) < 4.78 is 0. The average Bonchev–Trinajstić information content (AvgIpc) is 2.30. The summed E-state index contributed by atoms with van der Waals surface area (Å²) in [6, 6.07) is 12.1. The Hall–Kier alpha value is -1.45. The molecule has 1 heterocycles. The van der Waals surface area contributed by atoms with E-state index in [-0.39, 0.29) is 0 Å². The van der Waals surface area contributed by atoms with Crippen LogP contribution in [-0.2, 0) is 13.1 Å². The van der Waals surface area contributed by atoms with Gasteiger partial charge in [0.05, 0.1) is 5.69 Å². The minimum absolute atomic E-state index is 0.489. The molecule has 2 rings (SSSR count). The van der Waals surface area contributed by atoms with E-state index >= 15 is 0 Å². The topological polar surface area (TPSA) is 29.0 Å². The van der Waals surface area contributed by atoms with Gasteiger partial charge in [0.1, 0.15) is 11.5 Å². The summed E-state index contributed by atoms with van der Waals surface area (Å²) in [6.45, 7) is 1.65. The largest absolute Gasteiger partial charge is 0.296 e. The van der Waals surface area contributed by atoms with Gasteiger partial charge in [-0.3, -0.25) is 4.90 Å². The fourth-order valence-electron chi connectivity index (χ4n) is 1.68. The molecule has 2 aromatic rings. The molecular weight excluding hydrogens is 234 g/mol. The van der Waals surface area contributed by atoms with E-state index in [2.05, 4.69) is 34.0 Å². The van der Waals surface area contributed by atoms with Gasteiger partial charge in [-0.2, -0.15) is 0 Å². The van der Waals surface area contributed by atoms with Crippen LogP contribution in [0.3, 0.4) is 0 Å². The van der Waals surface area contributed by atoms with Crippen molar-refractivity contribution in [3.8, 4) is 0 Å². The minimum Gasteiger partial charge on any atom is -0.296 e. The standard InChI is InChI=1S/C13H14ClN3/c1-17(8-11-5-3-2-4-6-11)9-12-7-13(14)16-10-15-12/h2-7,10H,8-9H2,1H3. The molecule has 0 amide bonds. The molecule has 0 atom stereocenters. The van der Waals surface area contributed by atoms with Crippen molar-refractivity contribution < 1.29 is 0 Å². The molecule has 0 bridgehead atoms. The molecule has 88 valence electrons. The Labute approximate surface area is 106 Å². The molecule has 4 heteroatoms. The second-order valence-corrected chi connectivity index (χ2v) is 4.38. The molecule has 0 fully saturated rings. The zero-order valence-electron chi connectivity index (χ0n) is 9.68. The minimum atomic E-state index is 0.489. The Balaban J connectivity index is 1.96. The predicted octanol–water partition coefficient (Wildman–Crippen LogP) is 2.76. The molecule has 0 spiro atoms. The van der Waals surface area contributed by atoms with Crippen LogP contribution in [0.15, 0.2) is 42.7 Å². The van der Waals surface area contributed by atoms with E-state index in [4.69, 9.17) is 11.6 Å². The van der Waals surface area contributed by atoms with Gasteiger partial charge in [-0.05, 0) is 18.7 Å². The number of aromatic nitrogens is 2. The summed E-state index contributed by atoms with van der Waals surface area (Å²) in [4.78, 5) is 10.2. The third-order valence-corrected chi connectivity index (χ3v) is 2.62. The van der Waals surface area contributed by atoms with Crippen molar-refractivity contribution in [1.82, 2.24) is 14.9 Å². The third-order valence-electron chi connectivity index (χ3n) is 2.42. The lowest BCUT2D eigenvalue weighted by atomic mass is 10.2. The first-order valence-electron chi connectivity index (χ1n) is 5.43. The summed E-state index contributed by atoms with van der Waals surface area (Å²) >= 11 is 5.82. The van der Waals surface area contributed by atoms with E-state index < -0.39 is 0 Å². The molecule has 0 aliphatic rings. The van der Waals surface area contributed by atoms with Crippen LogP contribution < -0.4 is 0 Å². The number of benzene rings is 1. The molecule has 0 N–H and O–H groups in total. The van der Waals surface area contributed by atoms with Gasteiger partial charge < -0.3 is 0 Å². The number of halogens is 1. The van der Waals surface area contributed by atoms with E-state index in [9.17, 15) is 0 Å². The quantitative estimate of drug-likeness (QED) is 0.778. The van der Waals surface area contributed by atoms with Crippen molar-refractivity contribution in [3.63, 3.8) is 0 Å². The van der Waals surface area contributed by atoms with Gasteiger partial charge in [-0.25, -0.2) is 9.97 Å². The third kappa shape index (κ3) is 3.80. The Kier molecular flexibility index (Phi) is 4.07. The maximum absolute atomic E-state index is 5.82. The molecule has 0 saturated carbocycles. The highest BCUT2D eigenvalue weighted by Crippen LogP contribution is 2.08. The molecule has 17 heavy (non-hydrogen) atoms. The maximum Gasteiger partial charge on any atom is 0.132 e. The Morgan fingerprint density at radius 2 is 1.88 bits per heavy atom. The molecule has 0 aliphatic heterocycles. The zero-order valence-corrected chi connectivity index (χ0v) is 10.4. The average molecular weight is 248 g/mol. The van der Waals surface area contributed by atoms with Crippen molar-refractivity contribution in [2.24, 2.45) is 0 Å². The van der Waals surface area contributed by atoms with Crippen LogP contribution in [0, 0.1) is 0 Å². The molecule has 1 aromatic carbocycles. The number of hydrogen-bond donors (Lipinski definition) is 0. The predicted molar refractivity (Wildman–Crippen MR) is 68.7 cm³/mol. The first-order chi connectivity index (χ1) is 8.24. The lowest BCUT2D eigenvalue weighted by molar-refractivity contribution is 0.315. The Bertz CT molecular complexity index is 473. The monoisotopic (exact) mass is 247 g/mol. The number of hydrogen-bond acceptors (Lipinski definition) is 3.